The van der Waals surface area contributed by atoms with Crippen molar-refractivity contribution in [2.45, 2.75) is 25.8 Å². The number of fused-ring (bicyclic) bond motifs is 1. The van der Waals surface area contributed by atoms with Crippen molar-refractivity contribution < 1.29 is 0 Å². The Morgan fingerprint density at radius 1 is 0.852 bits per heavy atom. The number of aromatic nitrogens is 3. The second kappa shape index (κ2) is 8.77. The molecule has 3 heterocycles. The molecule has 2 N–H and O–H groups in total. The Balaban J connectivity index is 1.44. The predicted octanol–water partition coefficient (Wildman–Crippen LogP) is 3.53. The molecule has 2 aromatic heterocycles. The fraction of sp³-hybridized carbons (Fsp3) is 0.381. The maximum Gasteiger partial charge on any atom is 0.175 e. The fourth-order valence-electron chi connectivity index (χ4n) is 3.53. The zero-order valence-electron chi connectivity index (χ0n) is 15.6. The number of nitrogens with one attached hydrogen (secondary N) is 2. The number of benzene rings is 1. The van der Waals surface area contributed by atoms with Crippen LogP contribution in [0.2, 0.25) is 0 Å². The van der Waals surface area contributed by atoms with E-state index < -0.39 is 0 Å². The SMILES string of the molecule is c1ccc(CNc2nnc(NCCN3CCCCC3)c3ncccc23)cc1. The van der Waals surface area contributed by atoms with Crippen LogP contribution in [0.4, 0.5) is 11.6 Å². The lowest BCUT2D eigenvalue weighted by Gasteiger charge is -2.26. The third-order valence-electron chi connectivity index (χ3n) is 5.01. The minimum Gasteiger partial charge on any atom is -0.365 e. The van der Waals surface area contributed by atoms with E-state index in [2.05, 4.69) is 42.8 Å². The predicted molar refractivity (Wildman–Crippen MR) is 110 cm³/mol. The van der Waals surface area contributed by atoms with Crippen LogP contribution in [0.5, 0.6) is 0 Å². The van der Waals surface area contributed by atoms with Gasteiger partial charge >= 0.3 is 0 Å². The molecule has 0 aliphatic carbocycles. The van der Waals surface area contributed by atoms with Crippen LogP contribution < -0.4 is 10.6 Å². The molecule has 0 radical (unpaired) electrons. The van der Waals surface area contributed by atoms with Crippen LogP contribution in [0.3, 0.4) is 0 Å². The minimum absolute atomic E-state index is 0.710. The summed E-state index contributed by atoms with van der Waals surface area (Å²) in [4.78, 5) is 7.05. The Morgan fingerprint density at radius 3 is 2.52 bits per heavy atom. The second-order valence-corrected chi connectivity index (χ2v) is 6.97. The van der Waals surface area contributed by atoms with Crippen LogP contribution in [0.15, 0.2) is 48.7 Å². The van der Waals surface area contributed by atoms with Crippen LogP contribution in [-0.4, -0.2) is 46.3 Å². The zero-order valence-corrected chi connectivity index (χ0v) is 15.6. The van der Waals surface area contributed by atoms with Gasteiger partial charge in [0.1, 0.15) is 5.52 Å². The average molecular weight is 362 g/mol. The topological polar surface area (TPSA) is 66.0 Å². The summed E-state index contributed by atoms with van der Waals surface area (Å²) >= 11 is 0. The fourth-order valence-corrected chi connectivity index (χ4v) is 3.53. The van der Waals surface area contributed by atoms with Gasteiger partial charge in [-0.15, -0.1) is 10.2 Å². The van der Waals surface area contributed by atoms with Gasteiger partial charge in [-0.1, -0.05) is 36.8 Å². The lowest BCUT2D eigenvalue weighted by atomic mass is 10.1. The van der Waals surface area contributed by atoms with Gasteiger partial charge in [-0.3, -0.25) is 4.98 Å². The highest BCUT2D eigenvalue weighted by molar-refractivity contribution is 5.95. The Kier molecular flexibility index (Phi) is 5.74. The van der Waals surface area contributed by atoms with Crippen LogP contribution in [-0.2, 0) is 6.54 Å². The van der Waals surface area contributed by atoms with E-state index in [1.54, 1.807) is 6.20 Å². The van der Waals surface area contributed by atoms with Gasteiger partial charge in [-0.2, -0.15) is 0 Å². The Bertz CT molecular complexity index is 861. The van der Waals surface area contributed by atoms with Gasteiger partial charge in [-0.25, -0.2) is 0 Å². The van der Waals surface area contributed by atoms with E-state index in [1.165, 1.54) is 37.9 Å². The first-order valence-electron chi connectivity index (χ1n) is 9.75. The van der Waals surface area contributed by atoms with Gasteiger partial charge in [0.05, 0.1) is 0 Å². The molecule has 1 aromatic carbocycles. The molecule has 1 aliphatic heterocycles. The summed E-state index contributed by atoms with van der Waals surface area (Å²) in [5, 5.41) is 16.6. The van der Waals surface area contributed by atoms with Gasteiger partial charge < -0.3 is 15.5 Å². The largest absolute Gasteiger partial charge is 0.365 e. The summed E-state index contributed by atoms with van der Waals surface area (Å²) in [6, 6.07) is 14.3. The molecule has 0 spiro atoms. The number of likely N-dealkylation sites (tertiary alicyclic amines) is 1. The van der Waals surface area contributed by atoms with E-state index in [1.807, 2.05) is 30.3 Å². The Labute approximate surface area is 160 Å². The van der Waals surface area contributed by atoms with E-state index >= 15 is 0 Å². The Morgan fingerprint density at radius 2 is 1.67 bits per heavy atom. The van der Waals surface area contributed by atoms with Crippen molar-refractivity contribution in [1.29, 1.82) is 0 Å². The smallest absolute Gasteiger partial charge is 0.175 e. The maximum atomic E-state index is 4.54. The normalized spacial score (nSPS) is 15.0. The minimum atomic E-state index is 0.710. The van der Waals surface area contributed by atoms with Crippen molar-refractivity contribution in [3.8, 4) is 0 Å². The molecule has 6 nitrogen and oxygen atoms in total. The van der Waals surface area contributed by atoms with Crippen LogP contribution >= 0.6 is 0 Å². The summed E-state index contributed by atoms with van der Waals surface area (Å²) in [5.41, 5.74) is 2.07. The number of anilines is 2. The lowest BCUT2D eigenvalue weighted by molar-refractivity contribution is 0.237. The van der Waals surface area contributed by atoms with Gasteiger partial charge in [0.15, 0.2) is 11.6 Å². The van der Waals surface area contributed by atoms with E-state index in [9.17, 15) is 0 Å². The summed E-state index contributed by atoms with van der Waals surface area (Å²) in [6.07, 6.45) is 5.79. The molecule has 6 heteroatoms. The van der Waals surface area contributed by atoms with Crippen LogP contribution in [0.25, 0.3) is 10.9 Å². The Hall–Kier alpha value is -2.73. The number of piperidine rings is 1. The number of hydrogen-bond donors (Lipinski definition) is 2. The van der Waals surface area contributed by atoms with E-state index in [4.69, 9.17) is 0 Å². The molecule has 4 rings (SSSR count). The molecule has 1 fully saturated rings. The summed E-state index contributed by atoms with van der Waals surface area (Å²) in [7, 11) is 0. The third-order valence-corrected chi connectivity index (χ3v) is 5.01. The van der Waals surface area contributed by atoms with E-state index in [0.29, 0.717) is 6.54 Å². The summed E-state index contributed by atoms with van der Waals surface area (Å²) < 4.78 is 0. The molecular formula is C21H26N6. The molecule has 0 unspecified atom stereocenters. The number of pyridine rings is 1. The first-order chi connectivity index (χ1) is 13.4. The highest BCUT2D eigenvalue weighted by atomic mass is 15.2. The van der Waals surface area contributed by atoms with Crippen molar-refractivity contribution in [2.75, 3.05) is 36.8 Å². The monoisotopic (exact) mass is 362 g/mol. The van der Waals surface area contributed by atoms with Crippen molar-refractivity contribution in [3.63, 3.8) is 0 Å². The van der Waals surface area contributed by atoms with Crippen molar-refractivity contribution >= 4 is 22.5 Å². The van der Waals surface area contributed by atoms with Gasteiger partial charge in [-0.05, 0) is 43.6 Å². The van der Waals surface area contributed by atoms with Gasteiger partial charge in [0.25, 0.3) is 0 Å². The molecule has 1 saturated heterocycles. The number of hydrogen-bond acceptors (Lipinski definition) is 6. The summed E-state index contributed by atoms with van der Waals surface area (Å²) in [5.74, 6) is 1.52. The first kappa shape index (κ1) is 17.7. The molecule has 0 saturated carbocycles. The first-order valence-corrected chi connectivity index (χ1v) is 9.75. The van der Waals surface area contributed by atoms with Crippen LogP contribution in [0, 0.1) is 0 Å². The second-order valence-electron chi connectivity index (χ2n) is 6.97. The summed E-state index contributed by atoms with van der Waals surface area (Å²) in [6.45, 7) is 5.01. The number of rotatable bonds is 7. The molecule has 1 aliphatic rings. The third kappa shape index (κ3) is 4.52. The van der Waals surface area contributed by atoms with Crippen molar-refractivity contribution in [2.24, 2.45) is 0 Å². The van der Waals surface area contributed by atoms with E-state index in [-0.39, 0.29) is 0 Å². The van der Waals surface area contributed by atoms with Crippen molar-refractivity contribution in [3.05, 3.63) is 54.2 Å². The van der Waals surface area contributed by atoms with Crippen molar-refractivity contribution in [1.82, 2.24) is 20.1 Å². The molecule has 0 atom stereocenters. The quantitative estimate of drug-likeness (QED) is 0.670. The lowest BCUT2D eigenvalue weighted by Crippen LogP contribution is -2.33. The molecule has 0 bridgehead atoms. The molecule has 3 aromatic rings. The molecular weight excluding hydrogens is 336 g/mol. The maximum absolute atomic E-state index is 4.54. The highest BCUT2D eigenvalue weighted by Gasteiger charge is 2.12. The van der Waals surface area contributed by atoms with Gasteiger partial charge in [0.2, 0.25) is 0 Å². The average Bonchev–Trinajstić information content (AvgIpc) is 2.74. The van der Waals surface area contributed by atoms with Crippen LogP contribution in [0.1, 0.15) is 24.8 Å². The highest BCUT2D eigenvalue weighted by Crippen LogP contribution is 2.24. The molecule has 27 heavy (non-hydrogen) atoms. The molecule has 140 valence electrons. The molecule has 0 amide bonds. The van der Waals surface area contributed by atoms with Gasteiger partial charge in [0, 0.05) is 31.2 Å². The zero-order chi connectivity index (χ0) is 18.3. The number of nitrogens with zero attached hydrogens (tertiary/aromatic N) is 4. The standard InChI is InChI=1S/C21H26N6/c1-3-8-17(9-4-1)16-24-20-18-10-7-11-22-19(18)21(26-25-20)23-12-15-27-13-5-2-6-14-27/h1,3-4,7-11H,2,5-6,12-16H2,(H,23,26)(H,24,25). The van der Waals surface area contributed by atoms with E-state index in [0.717, 1.165) is 35.6 Å².